The molecular formula is C32H62O4. The third-order valence-corrected chi connectivity index (χ3v) is 7.31. The van der Waals surface area contributed by atoms with E-state index < -0.39 is 5.97 Å². The van der Waals surface area contributed by atoms with Gasteiger partial charge in [0.1, 0.15) is 6.10 Å². The Bertz CT molecular complexity index is 477. The number of carbonyl (C=O) groups is 2. The van der Waals surface area contributed by atoms with Crippen molar-refractivity contribution in [2.75, 3.05) is 0 Å². The minimum absolute atomic E-state index is 0.0175. The van der Waals surface area contributed by atoms with Crippen molar-refractivity contribution in [3.8, 4) is 0 Å². The zero-order valence-electron chi connectivity index (χ0n) is 24.3. The van der Waals surface area contributed by atoms with Crippen LogP contribution in [0, 0.1) is 0 Å². The van der Waals surface area contributed by atoms with Gasteiger partial charge in [-0.2, -0.15) is 0 Å². The molecule has 0 aliphatic carbocycles. The SMILES string of the molecule is CCCCCCCCCCCCCCC(=O)OC(CCC)CCCCCCCCCCCCC(=O)O. The molecule has 0 saturated carbocycles. The van der Waals surface area contributed by atoms with E-state index >= 15 is 0 Å². The summed E-state index contributed by atoms with van der Waals surface area (Å²) in [4.78, 5) is 22.8. The van der Waals surface area contributed by atoms with E-state index in [9.17, 15) is 9.59 Å². The average Bonchev–Trinajstić information content (AvgIpc) is 2.85. The van der Waals surface area contributed by atoms with Crippen LogP contribution in [-0.2, 0) is 14.3 Å². The van der Waals surface area contributed by atoms with E-state index in [0.717, 1.165) is 57.8 Å². The van der Waals surface area contributed by atoms with Crippen molar-refractivity contribution in [3.63, 3.8) is 0 Å². The van der Waals surface area contributed by atoms with Gasteiger partial charge in [-0.05, 0) is 32.1 Å². The highest BCUT2D eigenvalue weighted by Crippen LogP contribution is 2.17. The van der Waals surface area contributed by atoms with E-state index in [1.165, 1.54) is 103 Å². The summed E-state index contributed by atoms with van der Waals surface area (Å²) in [6, 6.07) is 0. The number of rotatable bonds is 29. The second-order valence-electron chi connectivity index (χ2n) is 11.0. The molecule has 0 saturated heterocycles. The van der Waals surface area contributed by atoms with Crippen LogP contribution in [0.25, 0.3) is 0 Å². The van der Waals surface area contributed by atoms with E-state index in [-0.39, 0.29) is 12.1 Å². The Labute approximate surface area is 224 Å². The summed E-state index contributed by atoms with van der Waals surface area (Å²) < 4.78 is 5.82. The fourth-order valence-corrected chi connectivity index (χ4v) is 5.00. The fraction of sp³-hybridized carbons (Fsp3) is 0.938. The highest BCUT2D eigenvalue weighted by molar-refractivity contribution is 5.69. The summed E-state index contributed by atoms with van der Waals surface area (Å²) in [5, 5.41) is 8.64. The number of aliphatic carboxylic acids is 1. The molecule has 36 heavy (non-hydrogen) atoms. The number of carboxylic acids is 1. The number of esters is 1. The van der Waals surface area contributed by atoms with E-state index in [4.69, 9.17) is 9.84 Å². The number of carbonyl (C=O) groups excluding carboxylic acids is 1. The normalized spacial score (nSPS) is 12.1. The van der Waals surface area contributed by atoms with Gasteiger partial charge < -0.3 is 9.84 Å². The molecule has 0 spiro atoms. The second kappa shape index (κ2) is 28.5. The monoisotopic (exact) mass is 510 g/mol. The Morgan fingerprint density at radius 2 is 0.889 bits per heavy atom. The maximum absolute atomic E-state index is 12.3. The molecule has 0 rings (SSSR count). The minimum Gasteiger partial charge on any atom is -0.481 e. The summed E-state index contributed by atoms with van der Waals surface area (Å²) in [5.41, 5.74) is 0. The van der Waals surface area contributed by atoms with Gasteiger partial charge >= 0.3 is 11.9 Å². The third-order valence-electron chi connectivity index (χ3n) is 7.31. The molecule has 0 amide bonds. The Morgan fingerprint density at radius 1 is 0.500 bits per heavy atom. The van der Waals surface area contributed by atoms with Crippen LogP contribution >= 0.6 is 0 Å². The van der Waals surface area contributed by atoms with Crippen LogP contribution in [0.5, 0.6) is 0 Å². The number of hydrogen-bond acceptors (Lipinski definition) is 3. The van der Waals surface area contributed by atoms with E-state index in [2.05, 4.69) is 13.8 Å². The molecule has 4 heteroatoms. The molecular weight excluding hydrogens is 448 g/mol. The van der Waals surface area contributed by atoms with Gasteiger partial charge in [0.25, 0.3) is 0 Å². The van der Waals surface area contributed by atoms with Gasteiger partial charge in [-0.25, -0.2) is 0 Å². The molecule has 0 aromatic rings. The van der Waals surface area contributed by atoms with Gasteiger partial charge in [0.15, 0.2) is 0 Å². The number of unbranched alkanes of at least 4 members (excludes halogenated alkanes) is 20. The summed E-state index contributed by atoms with van der Waals surface area (Å²) >= 11 is 0. The zero-order chi connectivity index (χ0) is 26.5. The predicted molar refractivity (Wildman–Crippen MR) is 154 cm³/mol. The molecule has 214 valence electrons. The first-order valence-electron chi connectivity index (χ1n) is 16.0. The molecule has 0 heterocycles. The van der Waals surface area contributed by atoms with Crippen molar-refractivity contribution in [2.45, 2.75) is 193 Å². The molecule has 0 fully saturated rings. The Morgan fingerprint density at radius 3 is 1.31 bits per heavy atom. The van der Waals surface area contributed by atoms with Crippen LogP contribution in [-0.4, -0.2) is 23.1 Å². The predicted octanol–water partition coefficient (Wildman–Crippen LogP) is 10.6. The van der Waals surface area contributed by atoms with Crippen molar-refractivity contribution in [2.24, 2.45) is 0 Å². The van der Waals surface area contributed by atoms with Crippen molar-refractivity contribution < 1.29 is 19.4 Å². The van der Waals surface area contributed by atoms with E-state index in [0.29, 0.717) is 12.8 Å². The van der Waals surface area contributed by atoms with Gasteiger partial charge in [-0.1, -0.05) is 142 Å². The summed E-state index contributed by atoms with van der Waals surface area (Å²) in [5.74, 6) is -0.658. The first-order chi connectivity index (χ1) is 17.6. The van der Waals surface area contributed by atoms with Gasteiger partial charge in [-0.3, -0.25) is 9.59 Å². The first-order valence-corrected chi connectivity index (χ1v) is 16.0. The fourth-order valence-electron chi connectivity index (χ4n) is 5.00. The molecule has 0 aliphatic rings. The number of ether oxygens (including phenoxy) is 1. The lowest BCUT2D eigenvalue weighted by atomic mass is 10.0. The molecule has 1 N–H and O–H groups in total. The van der Waals surface area contributed by atoms with Crippen molar-refractivity contribution in [1.29, 1.82) is 0 Å². The van der Waals surface area contributed by atoms with Crippen LogP contribution in [0.3, 0.4) is 0 Å². The standard InChI is InChI=1S/C32H62O4/c1-3-5-6-7-8-9-10-11-16-19-22-25-29-32(35)36-30(26-4-2)27-23-20-17-14-12-13-15-18-21-24-28-31(33)34/h30H,3-29H2,1-2H3,(H,33,34). The lowest BCUT2D eigenvalue weighted by molar-refractivity contribution is -0.150. The lowest BCUT2D eigenvalue weighted by Crippen LogP contribution is -2.18. The molecule has 0 aliphatic heterocycles. The molecule has 1 unspecified atom stereocenters. The maximum atomic E-state index is 12.3. The van der Waals surface area contributed by atoms with Crippen LogP contribution in [0.4, 0.5) is 0 Å². The second-order valence-corrected chi connectivity index (χ2v) is 11.0. The zero-order valence-corrected chi connectivity index (χ0v) is 24.3. The highest BCUT2D eigenvalue weighted by Gasteiger charge is 2.13. The molecule has 0 bridgehead atoms. The largest absolute Gasteiger partial charge is 0.481 e. The van der Waals surface area contributed by atoms with E-state index in [1.54, 1.807) is 0 Å². The minimum atomic E-state index is -0.675. The summed E-state index contributed by atoms with van der Waals surface area (Å²) in [6.07, 6.45) is 31.6. The maximum Gasteiger partial charge on any atom is 0.306 e. The Kier molecular flexibility index (Phi) is 27.7. The quantitative estimate of drug-likeness (QED) is 0.0802. The number of carboxylic acid groups (broad SMARTS) is 1. The van der Waals surface area contributed by atoms with Crippen LogP contribution in [0.2, 0.25) is 0 Å². The van der Waals surface area contributed by atoms with Gasteiger partial charge in [-0.15, -0.1) is 0 Å². The summed E-state index contributed by atoms with van der Waals surface area (Å²) in [7, 11) is 0. The van der Waals surface area contributed by atoms with E-state index in [1.807, 2.05) is 0 Å². The molecule has 1 atom stereocenters. The average molecular weight is 511 g/mol. The third kappa shape index (κ3) is 27.5. The van der Waals surface area contributed by atoms with Crippen molar-refractivity contribution >= 4 is 11.9 Å². The van der Waals surface area contributed by atoms with Gasteiger partial charge in [0.2, 0.25) is 0 Å². The molecule has 0 aromatic heterocycles. The van der Waals surface area contributed by atoms with Gasteiger partial charge in [0.05, 0.1) is 0 Å². The van der Waals surface area contributed by atoms with Gasteiger partial charge in [0, 0.05) is 12.8 Å². The Balaban J connectivity index is 3.55. The lowest BCUT2D eigenvalue weighted by Gasteiger charge is -2.17. The smallest absolute Gasteiger partial charge is 0.306 e. The van der Waals surface area contributed by atoms with Crippen molar-refractivity contribution in [1.82, 2.24) is 0 Å². The topological polar surface area (TPSA) is 63.6 Å². The molecule has 4 nitrogen and oxygen atoms in total. The van der Waals surface area contributed by atoms with Crippen molar-refractivity contribution in [3.05, 3.63) is 0 Å². The van der Waals surface area contributed by atoms with Crippen LogP contribution < -0.4 is 0 Å². The number of hydrogen-bond donors (Lipinski definition) is 1. The van der Waals surface area contributed by atoms with Crippen LogP contribution in [0.1, 0.15) is 187 Å². The summed E-state index contributed by atoms with van der Waals surface area (Å²) in [6.45, 7) is 4.45. The first kappa shape index (κ1) is 34.9. The molecule has 0 radical (unpaired) electrons. The highest BCUT2D eigenvalue weighted by atomic mass is 16.5. The molecule has 0 aromatic carbocycles. The Hall–Kier alpha value is -1.06. The van der Waals surface area contributed by atoms with Crippen LogP contribution in [0.15, 0.2) is 0 Å².